The summed E-state index contributed by atoms with van der Waals surface area (Å²) in [5.41, 5.74) is 2.89. The maximum absolute atomic E-state index is 5.85. The molecule has 1 aliphatic carbocycles. The predicted molar refractivity (Wildman–Crippen MR) is 85.0 cm³/mol. The second-order valence-electron chi connectivity index (χ2n) is 5.74. The Bertz CT molecular complexity index is 609. The molecule has 0 bridgehead atoms. The average molecular weight is 303 g/mol. The van der Waals surface area contributed by atoms with Gasteiger partial charge in [0.1, 0.15) is 10.8 Å². The third kappa shape index (κ3) is 3.80. The summed E-state index contributed by atoms with van der Waals surface area (Å²) in [6, 6.07) is 6.82. The highest BCUT2D eigenvalue weighted by atomic mass is 32.1. The normalized spacial score (nSPS) is 14.2. The van der Waals surface area contributed by atoms with Crippen LogP contribution >= 0.6 is 11.3 Å². The third-order valence-electron chi connectivity index (χ3n) is 3.63. The quantitative estimate of drug-likeness (QED) is 0.914. The molecule has 0 unspecified atom stereocenters. The monoisotopic (exact) mass is 303 g/mol. The number of rotatable bonds is 5. The van der Waals surface area contributed by atoms with Crippen LogP contribution in [0.1, 0.15) is 42.8 Å². The number of fused-ring (bicyclic) bond motifs is 1. The van der Waals surface area contributed by atoms with Gasteiger partial charge >= 0.3 is 0 Å². The molecule has 1 aromatic heterocycles. The van der Waals surface area contributed by atoms with Crippen LogP contribution in [0.4, 0.5) is 0 Å². The zero-order chi connectivity index (χ0) is 14.7. The van der Waals surface area contributed by atoms with E-state index in [9.17, 15) is 0 Å². The van der Waals surface area contributed by atoms with E-state index in [0.29, 0.717) is 11.2 Å². The van der Waals surface area contributed by atoms with E-state index in [1.165, 1.54) is 41.7 Å². The molecule has 5 heteroatoms. The summed E-state index contributed by atoms with van der Waals surface area (Å²) in [5.74, 6) is 0.871. The molecule has 1 heterocycles. The van der Waals surface area contributed by atoms with Crippen LogP contribution in [0.3, 0.4) is 0 Å². The SMILES string of the molecule is CC(C)NCc1nnc(Oc2ccc3c(c2)CCCC3)s1. The number of nitrogens with zero attached hydrogens (tertiary/aromatic N) is 2. The van der Waals surface area contributed by atoms with Crippen LogP contribution in [-0.2, 0) is 19.4 Å². The van der Waals surface area contributed by atoms with E-state index in [0.717, 1.165) is 23.7 Å². The number of hydrogen-bond donors (Lipinski definition) is 1. The van der Waals surface area contributed by atoms with Crippen molar-refractivity contribution in [2.24, 2.45) is 0 Å². The van der Waals surface area contributed by atoms with E-state index in [2.05, 4.69) is 41.5 Å². The average Bonchev–Trinajstić information content (AvgIpc) is 2.92. The maximum atomic E-state index is 5.85. The van der Waals surface area contributed by atoms with Crippen molar-refractivity contribution in [3.8, 4) is 10.9 Å². The van der Waals surface area contributed by atoms with Gasteiger partial charge in [-0.1, -0.05) is 36.3 Å². The van der Waals surface area contributed by atoms with Crippen molar-refractivity contribution in [1.29, 1.82) is 0 Å². The highest BCUT2D eigenvalue weighted by molar-refractivity contribution is 7.13. The molecule has 0 spiro atoms. The van der Waals surface area contributed by atoms with Crippen molar-refractivity contribution in [2.45, 2.75) is 52.1 Å². The number of ether oxygens (including phenoxy) is 1. The van der Waals surface area contributed by atoms with Gasteiger partial charge in [-0.2, -0.15) is 0 Å². The van der Waals surface area contributed by atoms with Crippen molar-refractivity contribution in [3.63, 3.8) is 0 Å². The molecular formula is C16H21N3OS. The van der Waals surface area contributed by atoms with Crippen molar-refractivity contribution >= 4 is 11.3 Å². The molecule has 0 radical (unpaired) electrons. The van der Waals surface area contributed by atoms with Gasteiger partial charge in [0.05, 0.1) is 6.54 Å². The van der Waals surface area contributed by atoms with E-state index < -0.39 is 0 Å². The highest BCUT2D eigenvalue weighted by Gasteiger charge is 2.12. The minimum atomic E-state index is 0.443. The molecule has 0 aliphatic heterocycles. The maximum Gasteiger partial charge on any atom is 0.299 e. The molecule has 0 saturated carbocycles. The number of nitrogens with one attached hydrogen (secondary N) is 1. The lowest BCUT2D eigenvalue weighted by molar-refractivity contribution is 0.471. The minimum Gasteiger partial charge on any atom is -0.430 e. The summed E-state index contributed by atoms with van der Waals surface area (Å²) in [6.45, 7) is 4.97. The Kier molecular flexibility index (Phi) is 4.51. The van der Waals surface area contributed by atoms with E-state index in [1.807, 2.05) is 6.07 Å². The molecule has 3 rings (SSSR count). The van der Waals surface area contributed by atoms with E-state index >= 15 is 0 Å². The summed E-state index contributed by atoms with van der Waals surface area (Å²) in [6.07, 6.45) is 4.93. The second-order valence-corrected chi connectivity index (χ2v) is 6.76. The minimum absolute atomic E-state index is 0.443. The van der Waals surface area contributed by atoms with Gasteiger partial charge in [-0.15, -0.1) is 5.10 Å². The standard InChI is InChI=1S/C16H21N3OS/c1-11(2)17-10-15-18-19-16(21-15)20-14-8-7-12-5-3-4-6-13(12)9-14/h7-9,11,17H,3-6,10H2,1-2H3. The Balaban J connectivity index is 1.66. The number of hydrogen-bond acceptors (Lipinski definition) is 5. The number of aromatic nitrogens is 2. The van der Waals surface area contributed by atoms with E-state index in [4.69, 9.17) is 4.74 Å². The van der Waals surface area contributed by atoms with Crippen molar-refractivity contribution in [3.05, 3.63) is 34.3 Å². The molecule has 2 aromatic rings. The van der Waals surface area contributed by atoms with Gasteiger partial charge in [-0.3, -0.25) is 0 Å². The van der Waals surface area contributed by atoms with Gasteiger partial charge in [-0.05, 0) is 48.9 Å². The number of aryl methyl sites for hydroxylation is 2. The fourth-order valence-corrected chi connectivity index (χ4v) is 3.17. The van der Waals surface area contributed by atoms with E-state index in [1.54, 1.807) is 0 Å². The summed E-state index contributed by atoms with van der Waals surface area (Å²) in [7, 11) is 0. The Morgan fingerprint density at radius 3 is 2.81 bits per heavy atom. The summed E-state index contributed by atoms with van der Waals surface area (Å²) in [5, 5.41) is 13.2. The molecule has 1 aliphatic rings. The van der Waals surface area contributed by atoms with Crippen molar-refractivity contribution in [1.82, 2.24) is 15.5 Å². The predicted octanol–water partition coefficient (Wildman–Crippen LogP) is 3.71. The third-order valence-corrected chi connectivity index (χ3v) is 4.44. The topological polar surface area (TPSA) is 47.0 Å². The number of benzene rings is 1. The molecule has 1 aromatic carbocycles. The lowest BCUT2D eigenvalue weighted by Gasteiger charge is -2.16. The highest BCUT2D eigenvalue weighted by Crippen LogP contribution is 2.29. The molecule has 4 nitrogen and oxygen atoms in total. The fourth-order valence-electron chi connectivity index (χ4n) is 2.52. The summed E-state index contributed by atoms with van der Waals surface area (Å²) < 4.78 is 5.85. The van der Waals surface area contributed by atoms with Crippen LogP contribution < -0.4 is 10.1 Å². The Morgan fingerprint density at radius 2 is 2.00 bits per heavy atom. The van der Waals surface area contributed by atoms with Gasteiger partial charge in [0, 0.05) is 6.04 Å². The molecule has 1 N–H and O–H groups in total. The first kappa shape index (κ1) is 14.5. The molecule has 21 heavy (non-hydrogen) atoms. The van der Waals surface area contributed by atoms with Crippen LogP contribution in [0.5, 0.6) is 10.9 Å². The Labute approximate surface area is 129 Å². The summed E-state index contributed by atoms with van der Waals surface area (Å²) >= 11 is 1.50. The molecule has 0 fully saturated rings. The zero-order valence-electron chi connectivity index (χ0n) is 12.6. The van der Waals surface area contributed by atoms with Crippen molar-refractivity contribution in [2.75, 3.05) is 0 Å². The van der Waals surface area contributed by atoms with Crippen LogP contribution in [0, 0.1) is 0 Å². The van der Waals surface area contributed by atoms with Gasteiger partial charge in [0.2, 0.25) is 0 Å². The lowest BCUT2D eigenvalue weighted by atomic mass is 9.92. The van der Waals surface area contributed by atoms with Crippen LogP contribution in [0.15, 0.2) is 18.2 Å². The Hall–Kier alpha value is -1.46. The molecule has 0 saturated heterocycles. The van der Waals surface area contributed by atoms with Crippen molar-refractivity contribution < 1.29 is 4.74 Å². The molecule has 112 valence electrons. The van der Waals surface area contributed by atoms with Gasteiger partial charge < -0.3 is 10.1 Å². The smallest absolute Gasteiger partial charge is 0.299 e. The Morgan fingerprint density at radius 1 is 1.19 bits per heavy atom. The lowest BCUT2D eigenvalue weighted by Crippen LogP contribution is -2.21. The molecule has 0 atom stereocenters. The van der Waals surface area contributed by atoms with Crippen LogP contribution in [0.25, 0.3) is 0 Å². The van der Waals surface area contributed by atoms with Gasteiger partial charge in [0.25, 0.3) is 5.19 Å². The van der Waals surface area contributed by atoms with Crippen LogP contribution in [-0.4, -0.2) is 16.2 Å². The van der Waals surface area contributed by atoms with Crippen LogP contribution in [0.2, 0.25) is 0 Å². The first-order valence-corrected chi connectivity index (χ1v) is 8.38. The molecular weight excluding hydrogens is 282 g/mol. The summed E-state index contributed by atoms with van der Waals surface area (Å²) in [4.78, 5) is 0. The second kappa shape index (κ2) is 6.54. The first-order valence-electron chi connectivity index (χ1n) is 7.56. The fraction of sp³-hybridized carbons (Fsp3) is 0.500. The largest absolute Gasteiger partial charge is 0.430 e. The van der Waals surface area contributed by atoms with Gasteiger partial charge in [-0.25, -0.2) is 0 Å². The first-order chi connectivity index (χ1) is 10.2. The zero-order valence-corrected chi connectivity index (χ0v) is 13.4. The van der Waals surface area contributed by atoms with Gasteiger partial charge in [0.15, 0.2) is 0 Å². The van der Waals surface area contributed by atoms with E-state index in [-0.39, 0.29) is 0 Å². The molecule has 0 amide bonds.